The molecular weight excluding hydrogens is 544 g/mol. The van der Waals surface area contributed by atoms with Gasteiger partial charge in [-0.1, -0.05) is 6.07 Å². The van der Waals surface area contributed by atoms with Gasteiger partial charge in [-0.25, -0.2) is 9.37 Å². The van der Waals surface area contributed by atoms with Gasteiger partial charge in [-0.3, -0.25) is 9.89 Å². The van der Waals surface area contributed by atoms with Crippen molar-refractivity contribution >= 4 is 57.2 Å². The molecule has 1 fully saturated rings. The molecular formula is C18H24BrFIN5S. The Morgan fingerprint density at radius 2 is 2.07 bits per heavy atom. The summed E-state index contributed by atoms with van der Waals surface area (Å²) in [7, 11) is 1.82. The van der Waals surface area contributed by atoms with Crippen molar-refractivity contribution in [3.05, 3.63) is 50.1 Å². The van der Waals surface area contributed by atoms with Crippen molar-refractivity contribution in [2.75, 3.05) is 33.2 Å². The SMILES string of the molecule is CN=C(NCc1scnc1C)N1CCN(Cc2ccc(Br)c(F)c2)CC1.I. The molecule has 1 aliphatic heterocycles. The lowest BCUT2D eigenvalue weighted by Gasteiger charge is -2.36. The molecule has 0 amide bonds. The number of thiazole rings is 1. The van der Waals surface area contributed by atoms with Crippen molar-refractivity contribution in [2.24, 2.45) is 4.99 Å². The van der Waals surface area contributed by atoms with E-state index in [2.05, 4.69) is 41.0 Å². The summed E-state index contributed by atoms with van der Waals surface area (Å²) < 4.78 is 14.2. The molecule has 0 atom stereocenters. The lowest BCUT2D eigenvalue weighted by Crippen LogP contribution is -2.52. The fourth-order valence-corrected chi connectivity index (χ4v) is 3.96. The van der Waals surface area contributed by atoms with Crippen molar-refractivity contribution < 1.29 is 4.39 Å². The minimum Gasteiger partial charge on any atom is -0.351 e. The van der Waals surface area contributed by atoms with E-state index in [0.29, 0.717) is 4.47 Å². The number of nitrogens with one attached hydrogen (secondary N) is 1. The highest BCUT2D eigenvalue weighted by Crippen LogP contribution is 2.18. The van der Waals surface area contributed by atoms with Crippen molar-refractivity contribution in [2.45, 2.75) is 20.0 Å². The Bertz CT molecular complexity index is 777. The van der Waals surface area contributed by atoms with E-state index in [1.54, 1.807) is 23.5 Å². The summed E-state index contributed by atoms with van der Waals surface area (Å²) in [6.45, 7) is 7.21. The first-order valence-electron chi connectivity index (χ1n) is 8.57. The maximum Gasteiger partial charge on any atom is 0.194 e. The van der Waals surface area contributed by atoms with Crippen molar-refractivity contribution in [3.8, 4) is 0 Å². The van der Waals surface area contributed by atoms with Crippen LogP contribution in [0.4, 0.5) is 4.39 Å². The van der Waals surface area contributed by atoms with E-state index in [1.165, 1.54) is 4.88 Å². The Morgan fingerprint density at radius 1 is 1.33 bits per heavy atom. The summed E-state index contributed by atoms with van der Waals surface area (Å²) in [5, 5.41) is 3.43. The monoisotopic (exact) mass is 567 g/mol. The predicted molar refractivity (Wildman–Crippen MR) is 123 cm³/mol. The summed E-state index contributed by atoms with van der Waals surface area (Å²) in [4.78, 5) is 14.6. The number of rotatable bonds is 4. The van der Waals surface area contributed by atoms with Crippen LogP contribution in [0.15, 0.2) is 33.2 Å². The molecule has 27 heavy (non-hydrogen) atoms. The highest BCUT2D eigenvalue weighted by atomic mass is 127. The number of piperazine rings is 1. The number of aliphatic imine (C=N–C) groups is 1. The van der Waals surface area contributed by atoms with Crippen LogP contribution in [0.2, 0.25) is 0 Å². The average Bonchev–Trinajstić information content (AvgIpc) is 3.05. The maximum absolute atomic E-state index is 13.7. The van der Waals surface area contributed by atoms with E-state index >= 15 is 0 Å². The quantitative estimate of drug-likeness (QED) is 0.346. The number of benzene rings is 1. The molecule has 0 radical (unpaired) electrons. The lowest BCUT2D eigenvalue weighted by molar-refractivity contribution is 0.172. The molecule has 1 saturated heterocycles. The molecule has 5 nitrogen and oxygen atoms in total. The van der Waals surface area contributed by atoms with E-state index < -0.39 is 0 Å². The van der Waals surface area contributed by atoms with E-state index in [1.807, 2.05) is 25.5 Å². The fourth-order valence-electron chi connectivity index (χ4n) is 3.00. The molecule has 148 valence electrons. The minimum absolute atomic E-state index is 0. The number of aryl methyl sites for hydroxylation is 1. The van der Waals surface area contributed by atoms with Gasteiger partial charge in [0.15, 0.2) is 5.96 Å². The van der Waals surface area contributed by atoms with Crippen molar-refractivity contribution in [1.29, 1.82) is 0 Å². The summed E-state index contributed by atoms with van der Waals surface area (Å²) in [5.41, 5.74) is 3.95. The number of aromatic nitrogens is 1. The molecule has 0 aliphatic carbocycles. The molecule has 1 N–H and O–H groups in total. The third kappa shape index (κ3) is 6.10. The van der Waals surface area contributed by atoms with Gasteiger partial charge < -0.3 is 10.2 Å². The van der Waals surface area contributed by atoms with Crippen LogP contribution < -0.4 is 5.32 Å². The van der Waals surface area contributed by atoms with Gasteiger partial charge in [0.2, 0.25) is 0 Å². The predicted octanol–water partition coefficient (Wildman–Crippen LogP) is 3.86. The van der Waals surface area contributed by atoms with Gasteiger partial charge in [0.25, 0.3) is 0 Å². The summed E-state index contributed by atoms with van der Waals surface area (Å²) in [5.74, 6) is 0.719. The highest BCUT2D eigenvalue weighted by Gasteiger charge is 2.20. The van der Waals surface area contributed by atoms with Crippen LogP contribution in [0.3, 0.4) is 0 Å². The number of halogens is 3. The molecule has 2 heterocycles. The molecule has 1 aliphatic rings. The van der Waals surface area contributed by atoms with E-state index in [4.69, 9.17) is 0 Å². The van der Waals surface area contributed by atoms with E-state index in [9.17, 15) is 4.39 Å². The van der Waals surface area contributed by atoms with Gasteiger partial charge in [0.05, 0.1) is 22.2 Å². The maximum atomic E-state index is 13.7. The second-order valence-corrected chi connectivity index (χ2v) is 8.07. The zero-order chi connectivity index (χ0) is 18.5. The van der Waals surface area contributed by atoms with Gasteiger partial charge in [-0.05, 0) is 40.5 Å². The van der Waals surface area contributed by atoms with Crippen LogP contribution in [-0.4, -0.2) is 54.0 Å². The highest BCUT2D eigenvalue weighted by molar-refractivity contribution is 14.0. The lowest BCUT2D eigenvalue weighted by atomic mass is 10.2. The molecule has 0 unspecified atom stereocenters. The van der Waals surface area contributed by atoms with Gasteiger partial charge in [-0.15, -0.1) is 35.3 Å². The van der Waals surface area contributed by atoms with Crippen LogP contribution >= 0.6 is 51.2 Å². The van der Waals surface area contributed by atoms with Gasteiger partial charge in [-0.2, -0.15) is 0 Å². The fraction of sp³-hybridized carbons (Fsp3) is 0.444. The first-order valence-corrected chi connectivity index (χ1v) is 10.2. The van der Waals surface area contributed by atoms with Crippen LogP contribution in [0.1, 0.15) is 16.1 Å². The standard InChI is InChI=1S/C18H23BrFN5S.HI/c1-13-17(26-12-23-13)10-22-18(21-2)25-7-5-24(6-8-25)11-14-3-4-15(19)16(20)9-14;/h3-4,9,12H,5-8,10-11H2,1-2H3,(H,21,22);1H. The second kappa shape index (κ2) is 10.7. The Morgan fingerprint density at radius 3 is 2.67 bits per heavy atom. The average molecular weight is 568 g/mol. The third-order valence-electron chi connectivity index (χ3n) is 4.53. The third-order valence-corrected chi connectivity index (χ3v) is 6.10. The van der Waals surface area contributed by atoms with Gasteiger partial charge in [0.1, 0.15) is 5.82 Å². The summed E-state index contributed by atoms with van der Waals surface area (Å²) >= 11 is 4.86. The molecule has 0 bridgehead atoms. The number of hydrogen-bond acceptors (Lipinski definition) is 4. The summed E-state index contributed by atoms with van der Waals surface area (Å²) in [6.07, 6.45) is 0. The Balaban J connectivity index is 0.00000261. The summed E-state index contributed by atoms with van der Waals surface area (Å²) in [6, 6.07) is 5.35. The Hall–Kier alpha value is -0.780. The molecule has 2 aromatic rings. The molecule has 0 spiro atoms. The normalized spacial score (nSPS) is 15.6. The van der Waals surface area contributed by atoms with Crippen LogP contribution in [-0.2, 0) is 13.1 Å². The van der Waals surface area contributed by atoms with Gasteiger partial charge in [0, 0.05) is 44.6 Å². The molecule has 1 aromatic heterocycles. The number of guanidine groups is 1. The van der Waals surface area contributed by atoms with E-state index in [-0.39, 0.29) is 29.8 Å². The zero-order valence-electron chi connectivity index (χ0n) is 15.4. The van der Waals surface area contributed by atoms with Crippen LogP contribution in [0, 0.1) is 12.7 Å². The van der Waals surface area contributed by atoms with Crippen molar-refractivity contribution in [3.63, 3.8) is 0 Å². The first-order chi connectivity index (χ1) is 12.6. The Labute approximate surface area is 189 Å². The first kappa shape index (κ1) is 22.5. The molecule has 3 rings (SSSR count). The second-order valence-electron chi connectivity index (χ2n) is 6.27. The topological polar surface area (TPSA) is 43.8 Å². The van der Waals surface area contributed by atoms with Crippen LogP contribution in [0.5, 0.6) is 0 Å². The number of hydrogen-bond donors (Lipinski definition) is 1. The van der Waals surface area contributed by atoms with Crippen LogP contribution in [0.25, 0.3) is 0 Å². The Kier molecular flexibility index (Phi) is 8.90. The van der Waals surface area contributed by atoms with Crippen molar-refractivity contribution in [1.82, 2.24) is 20.1 Å². The minimum atomic E-state index is -0.205. The largest absolute Gasteiger partial charge is 0.351 e. The van der Waals surface area contributed by atoms with E-state index in [0.717, 1.165) is 56.5 Å². The molecule has 1 aromatic carbocycles. The number of nitrogens with zero attached hydrogens (tertiary/aromatic N) is 4. The van der Waals surface area contributed by atoms with Gasteiger partial charge >= 0.3 is 0 Å². The zero-order valence-corrected chi connectivity index (χ0v) is 20.1. The molecule has 9 heteroatoms. The smallest absolute Gasteiger partial charge is 0.194 e. The molecule has 0 saturated carbocycles.